The fourth-order valence-electron chi connectivity index (χ4n) is 2.31. The highest BCUT2D eigenvalue weighted by Gasteiger charge is 2.34. The van der Waals surface area contributed by atoms with Crippen molar-refractivity contribution in [2.75, 3.05) is 6.54 Å². The number of hydrogen-bond acceptors (Lipinski definition) is 4. The molecule has 0 aliphatic carbocycles. The number of carbonyl (C=O) groups is 2. The third kappa shape index (κ3) is 3.43. The molecule has 0 bridgehead atoms. The summed E-state index contributed by atoms with van der Waals surface area (Å²) in [6.07, 6.45) is 4.32. The number of hydrogen-bond donors (Lipinski definition) is 2. The minimum atomic E-state index is -0.950. The number of rotatable bonds is 3. The molecule has 2 unspecified atom stereocenters. The Balaban J connectivity index is 1.95. The third-order valence-corrected chi connectivity index (χ3v) is 3.47. The Kier molecular flexibility index (Phi) is 4.49. The van der Waals surface area contributed by atoms with Gasteiger partial charge in [0.25, 0.3) is 0 Å². The Bertz CT molecular complexity index is 480. The van der Waals surface area contributed by atoms with Crippen LogP contribution in [0.3, 0.4) is 0 Å². The molecule has 2 atom stereocenters. The minimum Gasteiger partial charge on any atom is -0.480 e. The van der Waals surface area contributed by atoms with Gasteiger partial charge in [0.15, 0.2) is 0 Å². The molecule has 20 heavy (non-hydrogen) atoms. The van der Waals surface area contributed by atoms with Crippen LogP contribution in [-0.4, -0.2) is 44.6 Å². The van der Waals surface area contributed by atoms with Crippen molar-refractivity contribution in [2.45, 2.75) is 32.4 Å². The molecule has 1 fully saturated rings. The van der Waals surface area contributed by atoms with Crippen LogP contribution in [0.4, 0.5) is 4.79 Å². The Morgan fingerprint density at radius 1 is 1.55 bits per heavy atom. The van der Waals surface area contributed by atoms with Gasteiger partial charge < -0.3 is 15.3 Å². The second kappa shape index (κ2) is 6.31. The summed E-state index contributed by atoms with van der Waals surface area (Å²) in [5.74, 6) is -0.629. The molecule has 2 rings (SSSR count). The molecule has 1 saturated heterocycles. The Labute approximate surface area is 117 Å². The molecule has 1 aromatic heterocycles. The van der Waals surface area contributed by atoms with E-state index < -0.39 is 12.0 Å². The van der Waals surface area contributed by atoms with Crippen molar-refractivity contribution in [3.63, 3.8) is 0 Å². The largest absolute Gasteiger partial charge is 0.480 e. The lowest BCUT2D eigenvalue weighted by Gasteiger charge is -2.35. The first-order valence-electron chi connectivity index (χ1n) is 6.60. The van der Waals surface area contributed by atoms with Gasteiger partial charge in [-0.3, -0.25) is 0 Å². The van der Waals surface area contributed by atoms with E-state index in [0.717, 1.165) is 6.42 Å². The number of likely N-dealkylation sites (tertiary alicyclic amines) is 1. The number of nitrogens with one attached hydrogen (secondary N) is 1. The number of carboxylic acids is 1. The van der Waals surface area contributed by atoms with E-state index in [2.05, 4.69) is 15.3 Å². The van der Waals surface area contributed by atoms with Crippen LogP contribution in [0.1, 0.15) is 25.5 Å². The maximum Gasteiger partial charge on any atom is 0.326 e. The molecule has 1 aliphatic heterocycles. The zero-order valence-electron chi connectivity index (χ0n) is 11.3. The van der Waals surface area contributed by atoms with Crippen molar-refractivity contribution in [1.82, 2.24) is 20.2 Å². The molecule has 7 nitrogen and oxygen atoms in total. The average molecular weight is 278 g/mol. The van der Waals surface area contributed by atoms with Crippen molar-refractivity contribution in [3.8, 4) is 0 Å². The Morgan fingerprint density at radius 2 is 2.35 bits per heavy atom. The van der Waals surface area contributed by atoms with Gasteiger partial charge in [0.2, 0.25) is 0 Å². The summed E-state index contributed by atoms with van der Waals surface area (Å²) in [6.45, 7) is 2.74. The van der Waals surface area contributed by atoms with Crippen molar-refractivity contribution >= 4 is 12.0 Å². The second-order valence-corrected chi connectivity index (χ2v) is 5.04. The Hall–Kier alpha value is -2.18. The number of aliphatic carboxylic acids is 1. The molecule has 1 aliphatic rings. The zero-order valence-corrected chi connectivity index (χ0v) is 11.3. The molecule has 2 N–H and O–H groups in total. The van der Waals surface area contributed by atoms with Crippen LogP contribution >= 0.6 is 0 Å². The van der Waals surface area contributed by atoms with Crippen molar-refractivity contribution in [2.24, 2.45) is 5.92 Å². The second-order valence-electron chi connectivity index (χ2n) is 5.04. The molecule has 0 aromatic carbocycles. The highest BCUT2D eigenvalue weighted by molar-refractivity contribution is 5.82. The fraction of sp³-hybridized carbons (Fsp3) is 0.538. The van der Waals surface area contributed by atoms with E-state index in [1.54, 1.807) is 12.3 Å². The van der Waals surface area contributed by atoms with Gasteiger partial charge in [0.1, 0.15) is 12.4 Å². The molecular weight excluding hydrogens is 260 g/mol. The van der Waals surface area contributed by atoms with Crippen LogP contribution in [0.25, 0.3) is 0 Å². The lowest BCUT2D eigenvalue weighted by atomic mass is 9.93. The van der Waals surface area contributed by atoms with Gasteiger partial charge >= 0.3 is 12.0 Å². The Morgan fingerprint density at radius 3 is 3.00 bits per heavy atom. The summed E-state index contributed by atoms with van der Waals surface area (Å²) in [5.41, 5.74) is 0.686. The number of aromatic nitrogens is 2. The molecular formula is C13H18N4O3. The number of nitrogens with zero attached hydrogens (tertiary/aromatic N) is 3. The topological polar surface area (TPSA) is 95.4 Å². The van der Waals surface area contributed by atoms with Crippen LogP contribution in [0.15, 0.2) is 18.6 Å². The normalized spacial score (nSPS) is 22.4. The predicted octanol–water partition coefficient (Wildman–Crippen LogP) is 0.871. The summed E-state index contributed by atoms with van der Waals surface area (Å²) in [5, 5.41) is 11.9. The van der Waals surface area contributed by atoms with Crippen molar-refractivity contribution in [1.29, 1.82) is 0 Å². The smallest absolute Gasteiger partial charge is 0.326 e. The predicted molar refractivity (Wildman–Crippen MR) is 70.8 cm³/mol. The van der Waals surface area contributed by atoms with Crippen LogP contribution in [0.2, 0.25) is 0 Å². The first kappa shape index (κ1) is 14.2. The molecule has 7 heteroatoms. The maximum atomic E-state index is 12.1. The lowest BCUT2D eigenvalue weighted by Crippen LogP contribution is -2.53. The summed E-state index contributed by atoms with van der Waals surface area (Å²) < 4.78 is 0. The van der Waals surface area contributed by atoms with E-state index in [4.69, 9.17) is 0 Å². The molecule has 0 spiro atoms. The van der Waals surface area contributed by atoms with E-state index in [0.29, 0.717) is 24.6 Å². The molecule has 2 heterocycles. The van der Waals surface area contributed by atoms with Gasteiger partial charge in [-0.05, 0) is 24.8 Å². The number of urea groups is 1. The monoisotopic (exact) mass is 278 g/mol. The highest BCUT2D eigenvalue weighted by Crippen LogP contribution is 2.22. The van der Waals surface area contributed by atoms with E-state index in [1.165, 1.54) is 11.2 Å². The fourth-order valence-corrected chi connectivity index (χ4v) is 2.31. The standard InChI is InChI=1S/C13H18N4O3/c1-9-3-5-17(11(6-9)12(18)19)13(20)15-7-10-2-4-14-8-16-10/h2,4,8-9,11H,3,5-7H2,1H3,(H,15,20)(H,18,19). The van der Waals surface area contributed by atoms with Gasteiger partial charge in [-0.1, -0.05) is 6.92 Å². The van der Waals surface area contributed by atoms with Crippen LogP contribution in [-0.2, 0) is 11.3 Å². The van der Waals surface area contributed by atoms with E-state index in [9.17, 15) is 14.7 Å². The maximum absolute atomic E-state index is 12.1. The number of piperidine rings is 1. The number of carbonyl (C=O) groups excluding carboxylic acids is 1. The molecule has 0 saturated carbocycles. The minimum absolute atomic E-state index is 0.264. The highest BCUT2D eigenvalue weighted by atomic mass is 16.4. The van der Waals surface area contributed by atoms with E-state index in [-0.39, 0.29) is 12.6 Å². The van der Waals surface area contributed by atoms with E-state index >= 15 is 0 Å². The van der Waals surface area contributed by atoms with Crippen molar-refractivity contribution in [3.05, 3.63) is 24.3 Å². The van der Waals surface area contributed by atoms with Gasteiger partial charge in [-0.25, -0.2) is 19.6 Å². The molecule has 0 radical (unpaired) electrons. The first-order valence-corrected chi connectivity index (χ1v) is 6.60. The summed E-state index contributed by atoms with van der Waals surface area (Å²) >= 11 is 0. The number of carboxylic acid groups (broad SMARTS) is 1. The average Bonchev–Trinajstić information content (AvgIpc) is 2.45. The van der Waals surface area contributed by atoms with Crippen LogP contribution in [0.5, 0.6) is 0 Å². The van der Waals surface area contributed by atoms with Gasteiger partial charge in [-0.15, -0.1) is 0 Å². The summed E-state index contributed by atoms with van der Waals surface area (Å²) in [7, 11) is 0. The number of amides is 2. The molecule has 1 aromatic rings. The lowest BCUT2D eigenvalue weighted by molar-refractivity contribution is -0.143. The van der Waals surface area contributed by atoms with Crippen LogP contribution < -0.4 is 5.32 Å². The quantitative estimate of drug-likeness (QED) is 0.855. The third-order valence-electron chi connectivity index (χ3n) is 3.47. The van der Waals surface area contributed by atoms with Crippen molar-refractivity contribution < 1.29 is 14.7 Å². The summed E-state index contributed by atoms with van der Waals surface area (Å²) in [4.78, 5) is 32.5. The van der Waals surface area contributed by atoms with Gasteiger partial charge in [0.05, 0.1) is 12.2 Å². The SMILES string of the molecule is CC1CCN(C(=O)NCc2ccncn2)C(C(=O)O)C1. The molecule has 108 valence electrons. The zero-order chi connectivity index (χ0) is 14.5. The van der Waals surface area contributed by atoms with Crippen LogP contribution in [0, 0.1) is 5.92 Å². The van der Waals surface area contributed by atoms with E-state index in [1.807, 2.05) is 6.92 Å². The van der Waals surface area contributed by atoms with Gasteiger partial charge in [0, 0.05) is 12.7 Å². The summed E-state index contributed by atoms with van der Waals surface area (Å²) in [6, 6.07) is 0.597. The molecule has 2 amide bonds. The van der Waals surface area contributed by atoms with Gasteiger partial charge in [-0.2, -0.15) is 0 Å². The first-order chi connectivity index (χ1) is 9.58.